The number of nitrogens with zero attached hydrogens (tertiary/aromatic N) is 3. The van der Waals surface area contributed by atoms with Crippen molar-refractivity contribution in [1.29, 1.82) is 0 Å². The van der Waals surface area contributed by atoms with E-state index in [4.69, 9.17) is 9.47 Å². The summed E-state index contributed by atoms with van der Waals surface area (Å²) in [4.78, 5) is 14.1. The van der Waals surface area contributed by atoms with Crippen LogP contribution in [0.1, 0.15) is 17.3 Å². The molecule has 146 valence electrons. The number of amides is 1. The number of rotatable bonds is 6. The highest BCUT2D eigenvalue weighted by atomic mass is 16.5. The van der Waals surface area contributed by atoms with Crippen molar-refractivity contribution < 1.29 is 14.3 Å². The number of hydrogen-bond acceptors (Lipinski definition) is 5. The van der Waals surface area contributed by atoms with Gasteiger partial charge in [0.1, 0.15) is 22.5 Å². The van der Waals surface area contributed by atoms with Crippen molar-refractivity contribution >= 4 is 22.6 Å². The summed E-state index contributed by atoms with van der Waals surface area (Å²) in [7, 11) is 1.62. The largest absolute Gasteiger partial charge is 0.497 e. The number of ether oxygens (including phenoxy) is 2. The fraction of sp³-hybridized carbons (Fsp3) is 0.136. The Kier molecular flexibility index (Phi) is 5.11. The quantitative estimate of drug-likeness (QED) is 0.538. The second-order valence-corrected chi connectivity index (χ2v) is 6.31. The number of anilines is 1. The van der Waals surface area contributed by atoms with Crippen LogP contribution in [0.2, 0.25) is 0 Å². The van der Waals surface area contributed by atoms with Crippen LogP contribution in [0.4, 0.5) is 5.69 Å². The zero-order valence-corrected chi connectivity index (χ0v) is 16.1. The number of aromatic nitrogens is 3. The molecule has 0 spiro atoms. The zero-order chi connectivity index (χ0) is 20.2. The third kappa shape index (κ3) is 4.03. The van der Waals surface area contributed by atoms with E-state index in [1.54, 1.807) is 42.2 Å². The molecule has 0 unspecified atom stereocenters. The maximum Gasteiger partial charge on any atom is 0.255 e. The van der Waals surface area contributed by atoms with Gasteiger partial charge in [0, 0.05) is 11.3 Å². The third-order valence-electron chi connectivity index (χ3n) is 4.35. The molecule has 0 aliphatic carbocycles. The van der Waals surface area contributed by atoms with Gasteiger partial charge >= 0.3 is 0 Å². The second kappa shape index (κ2) is 8.02. The van der Waals surface area contributed by atoms with Gasteiger partial charge in [-0.3, -0.25) is 4.79 Å². The zero-order valence-electron chi connectivity index (χ0n) is 16.1. The highest BCUT2D eigenvalue weighted by molar-refractivity contribution is 6.05. The fourth-order valence-electron chi connectivity index (χ4n) is 2.92. The molecule has 0 atom stereocenters. The molecule has 3 aromatic carbocycles. The van der Waals surface area contributed by atoms with Crippen LogP contribution in [0.5, 0.6) is 11.5 Å². The van der Waals surface area contributed by atoms with Gasteiger partial charge in [0.25, 0.3) is 5.91 Å². The van der Waals surface area contributed by atoms with Gasteiger partial charge in [0.05, 0.1) is 19.4 Å². The first-order valence-corrected chi connectivity index (χ1v) is 9.22. The molecule has 0 radical (unpaired) electrons. The van der Waals surface area contributed by atoms with Crippen molar-refractivity contribution in [2.75, 3.05) is 19.0 Å². The summed E-state index contributed by atoms with van der Waals surface area (Å²) in [5, 5.41) is 11.9. The molecule has 4 rings (SSSR count). The number of fused-ring (bicyclic) bond motifs is 1. The summed E-state index contributed by atoms with van der Waals surface area (Å²) in [5.74, 6) is 1.22. The van der Waals surface area contributed by atoms with Crippen LogP contribution >= 0.6 is 0 Å². The van der Waals surface area contributed by atoms with Crippen LogP contribution < -0.4 is 14.8 Å². The third-order valence-corrected chi connectivity index (χ3v) is 4.35. The highest BCUT2D eigenvalue weighted by Gasteiger charge is 2.10. The number of benzene rings is 3. The number of hydrogen-bond donors (Lipinski definition) is 1. The van der Waals surface area contributed by atoms with Gasteiger partial charge in [0.15, 0.2) is 0 Å². The summed E-state index contributed by atoms with van der Waals surface area (Å²) in [6, 6.07) is 20.0. The lowest BCUT2D eigenvalue weighted by Crippen LogP contribution is -2.11. The van der Waals surface area contributed by atoms with E-state index in [1.165, 1.54) is 0 Å². The van der Waals surface area contributed by atoms with Gasteiger partial charge in [-0.15, -0.1) is 10.2 Å². The summed E-state index contributed by atoms with van der Waals surface area (Å²) in [6.07, 6.45) is 0. The van der Waals surface area contributed by atoms with Crippen molar-refractivity contribution in [2.24, 2.45) is 0 Å². The Balaban J connectivity index is 1.55. The van der Waals surface area contributed by atoms with Gasteiger partial charge in [-0.05, 0) is 67.6 Å². The molecule has 7 heteroatoms. The lowest BCUT2D eigenvalue weighted by molar-refractivity contribution is 0.102. The SMILES string of the molecule is CCOc1cccc(C(=O)Nc2ccc3nn(-c4ccc(OC)cc4)nc3c2)c1. The fourth-order valence-corrected chi connectivity index (χ4v) is 2.92. The minimum absolute atomic E-state index is 0.214. The average Bonchev–Trinajstić information content (AvgIpc) is 3.17. The highest BCUT2D eigenvalue weighted by Crippen LogP contribution is 2.20. The molecule has 0 aliphatic heterocycles. The smallest absolute Gasteiger partial charge is 0.255 e. The summed E-state index contributed by atoms with van der Waals surface area (Å²) < 4.78 is 10.6. The first-order chi connectivity index (χ1) is 14.2. The van der Waals surface area contributed by atoms with E-state index in [0.29, 0.717) is 29.1 Å². The van der Waals surface area contributed by atoms with Crippen molar-refractivity contribution in [1.82, 2.24) is 15.0 Å². The van der Waals surface area contributed by atoms with Crippen LogP contribution in [-0.2, 0) is 0 Å². The Morgan fingerprint density at radius 2 is 1.76 bits per heavy atom. The van der Waals surface area contributed by atoms with E-state index in [0.717, 1.165) is 17.0 Å². The Morgan fingerprint density at radius 3 is 2.52 bits per heavy atom. The van der Waals surface area contributed by atoms with Crippen LogP contribution in [0.15, 0.2) is 66.7 Å². The molecule has 0 fully saturated rings. The predicted octanol–water partition coefficient (Wildman–Crippen LogP) is 4.08. The molecule has 1 aromatic heterocycles. The standard InChI is InChI=1S/C22H20N4O3/c1-3-29-19-6-4-5-15(13-19)22(27)23-16-7-12-20-21(14-16)25-26(24-20)17-8-10-18(28-2)11-9-17/h4-14H,3H2,1-2H3,(H,23,27). The van der Waals surface area contributed by atoms with Crippen molar-refractivity contribution in [3.8, 4) is 17.2 Å². The van der Waals surface area contributed by atoms with Gasteiger partial charge in [-0.25, -0.2) is 0 Å². The van der Waals surface area contributed by atoms with E-state index in [9.17, 15) is 4.79 Å². The summed E-state index contributed by atoms with van der Waals surface area (Å²) >= 11 is 0. The molecule has 7 nitrogen and oxygen atoms in total. The Bertz CT molecular complexity index is 1150. The number of carbonyl (C=O) groups excluding carboxylic acids is 1. The lowest BCUT2D eigenvalue weighted by Gasteiger charge is -2.07. The molecule has 1 N–H and O–H groups in total. The number of nitrogens with one attached hydrogen (secondary N) is 1. The molecule has 29 heavy (non-hydrogen) atoms. The van der Waals surface area contributed by atoms with E-state index in [-0.39, 0.29) is 5.91 Å². The van der Waals surface area contributed by atoms with Gasteiger partial charge < -0.3 is 14.8 Å². The Hall–Kier alpha value is -3.87. The van der Waals surface area contributed by atoms with Gasteiger partial charge in [0.2, 0.25) is 0 Å². The van der Waals surface area contributed by atoms with E-state index >= 15 is 0 Å². The van der Waals surface area contributed by atoms with Crippen LogP contribution in [0, 0.1) is 0 Å². The average molecular weight is 388 g/mol. The molecule has 0 saturated carbocycles. The molecule has 4 aromatic rings. The van der Waals surface area contributed by atoms with E-state index in [2.05, 4.69) is 15.5 Å². The topological polar surface area (TPSA) is 78.3 Å². The second-order valence-electron chi connectivity index (χ2n) is 6.31. The lowest BCUT2D eigenvalue weighted by atomic mass is 10.2. The first kappa shape index (κ1) is 18.5. The normalized spacial score (nSPS) is 10.7. The van der Waals surface area contributed by atoms with Crippen molar-refractivity contribution in [2.45, 2.75) is 6.92 Å². The maximum atomic E-state index is 12.6. The molecule has 0 aliphatic rings. The van der Waals surface area contributed by atoms with Crippen molar-refractivity contribution in [3.63, 3.8) is 0 Å². The molecule has 0 saturated heterocycles. The van der Waals surface area contributed by atoms with Crippen LogP contribution in [0.3, 0.4) is 0 Å². The Morgan fingerprint density at radius 1 is 0.966 bits per heavy atom. The predicted molar refractivity (Wildman–Crippen MR) is 111 cm³/mol. The van der Waals surface area contributed by atoms with E-state index in [1.807, 2.05) is 43.3 Å². The Labute approximate surface area is 167 Å². The van der Waals surface area contributed by atoms with Crippen molar-refractivity contribution in [3.05, 3.63) is 72.3 Å². The van der Waals surface area contributed by atoms with E-state index < -0.39 is 0 Å². The monoisotopic (exact) mass is 388 g/mol. The molecule has 1 amide bonds. The maximum absolute atomic E-state index is 12.6. The van der Waals surface area contributed by atoms with Gasteiger partial charge in [-0.1, -0.05) is 6.07 Å². The number of methoxy groups -OCH3 is 1. The molecular formula is C22H20N4O3. The first-order valence-electron chi connectivity index (χ1n) is 9.22. The minimum atomic E-state index is -0.214. The summed E-state index contributed by atoms with van der Waals surface area (Å²) in [6.45, 7) is 2.45. The number of carbonyl (C=O) groups is 1. The van der Waals surface area contributed by atoms with Crippen LogP contribution in [0.25, 0.3) is 16.7 Å². The molecule has 0 bridgehead atoms. The summed E-state index contributed by atoms with van der Waals surface area (Å²) in [5.41, 5.74) is 3.41. The van der Waals surface area contributed by atoms with Crippen LogP contribution in [-0.4, -0.2) is 34.6 Å². The van der Waals surface area contributed by atoms with Gasteiger partial charge in [-0.2, -0.15) is 4.80 Å². The minimum Gasteiger partial charge on any atom is -0.497 e. The molecular weight excluding hydrogens is 368 g/mol. The molecule has 1 heterocycles.